The van der Waals surface area contributed by atoms with Crippen LogP contribution in [0.2, 0.25) is 0 Å². The molecule has 9 heteroatoms. The molecular formula is C20H27F3N6. The zero-order valence-electron chi connectivity index (χ0n) is 16.7. The zero-order chi connectivity index (χ0) is 20.9. The van der Waals surface area contributed by atoms with Crippen molar-refractivity contribution in [1.29, 1.82) is 0 Å². The third-order valence-electron chi connectivity index (χ3n) is 5.29. The van der Waals surface area contributed by atoms with Gasteiger partial charge in [0.1, 0.15) is 6.04 Å². The SMILES string of the molecule is CN=C(NCc1ccccc1Cn1cccn1)N1CCN(C(C)C(F)(F)F)CC1. The highest BCUT2D eigenvalue weighted by molar-refractivity contribution is 5.80. The molecule has 0 saturated carbocycles. The number of nitrogens with one attached hydrogen (secondary N) is 1. The van der Waals surface area contributed by atoms with Gasteiger partial charge in [-0.05, 0) is 24.1 Å². The molecule has 1 fully saturated rings. The lowest BCUT2D eigenvalue weighted by Crippen LogP contribution is -2.56. The molecule has 2 aromatic rings. The van der Waals surface area contributed by atoms with Crippen molar-refractivity contribution in [2.45, 2.75) is 32.2 Å². The number of aromatic nitrogens is 2. The average molecular weight is 408 g/mol. The summed E-state index contributed by atoms with van der Waals surface area (Å²) in [6, 6.07) is 8.58. The fourth-order valence-corrected chi connectivity index (χ4v) is 3.49. The minimum atomic E-state index is -4.19. The van der Waals surface area contributed by atoms with E-state index in [1.165, 1.54) is 11.8 Å². The van der Waals surface area contributed by atoms with Crippen LogP contribution in [0, 0.1) is 0 Å². The van der Waals surface area contributed by atoms with Gasteiger partial charge in [0.05, 0.1) is 6.54 Å². The number of hydrogen-bond donors (Lipinski definition) is 1. The predicted molar refractivity (Wildman–Crippen MR) is 107 cm³/mol. The second kappa shape index (κ2) is 9.30. The summed E-state index contributed by atoms with van der Waals surface area (Å²) in [5.74, 6) is 0.707. The second-order valence-electron chi connectivity index (χ2n) is 7.11. The third kappa shape index (κ3) is 5.50. The van der Waals surface area contributed by atoms with Crippen molar-refractivity contribution in [2.75, 3.05) is 33.2 Å². The van der Waals surface area contributed by atoms with Crippen molar-refractivity contribution >= 4 is 5.96 Å². The molecule has 1 aliphatic rings. The van der Waals surface area contributed by atoms with Gasteiger partial charge >= 0.3 is 6.18 Å². The van der Waals surface area contributed by atoms with E-state index in [1.54, 1.807) is 13.2 Å². The Bertz CT molecular complexity index is 795. The van der Waals surface area contributed by atoms with Gasteiger partial charge in [0.15, 0.2) is 5.96 Å². The van der Waals surface area contributed by atoms with Gasteiger partial charge in [-0.25, -0.2) is 0 Å². The number of halogens is 3. The van der Waals surface area contributed by atoms with E-state index in [4.69, 9.17) is 0 Å². The molecule has 1 saturated heterocycles. The van der Waals surface area contributed by atoms with Crippen LogP contribution in [0.25, 0.3) is 0 Å². The van der Waals surface area contributed by atoms with Gasteiger partial charge in [-0.2, -0.15) is 18.3 Å². The largest absolute Gasteiger partial charge is 0.403 e. The molecule has 2 heterocycles. The molecule has 0 amide bonds. The van der Waals surface area contributed by atoms with Crippen molar-refractivity contribution in [3.63, 3.8) is 0 Å². The monoisotopic (exact) mass is 408 g/mol. The van der Waals surface area contributed by atoms with Gasteiger partial charge in [0.2, 0.25) is 0 Å². The molecule has 6 nitrogen and oxygen atoms in total. The average Bonchev–Trinajstić information content (AvgIpc) is 3.22. The highest BCUT2D eigenvalue weighted by Gasteiger charge is 2.41. The fraction of sp³-hybridized carbons (Fsp3) is 0.500. The van der Waals surface area contributed by atoms with E-state index in [2.05, 4.69) is 27.5 Å². The number of nitrogens with zero attached hydrogens (tertiary/aromatic N) is 5. The quantitative estimate of drug-likeness (QED) is 0.610. The van der Waals surface area contributed by atoms with Crippen LogP contribution in [-0.4, -0.2) is 71.0 Å². The van der Waals surface area contributed by atoms with Crippen LogP contribution < -0.4 is 5.32 Å². The van der Waals surface area contributed by atoms with Crippen LogP contribution in [0.5, 0.6) is 0 Å². The van der Waals surface area contributed by atoms with Gasteiger partial charge in [-0.1, -0.05) is 24.3 Å². The summed E-state index contributed by atoms with van der Waals surface area (Å²) in [7, 11) is 1.70. The number of piperazine rings is 1. The summed E-state index contributed by atoms with van der Waals surface area (Å²) in [6.07, 6.45) is -0.521. The first-order valence-corrected chi connectivity index (χ1v) is 9.69. The van der Waals surface area contributed by atoms with Gasteiger partial charge in [-0.15, -0.1) is 0 Å². The minimum Gasteiger partial charge on any atom is -0.352 e. The molecule has 0 radical (unpaired) electrons. The van der Waals surface area contributed by atoms with E-state index >= 15 is 0 Å². The van der Waals surface area contributed by atoms with E-state index in [1.807, 2.05) is 34.0 Å². The molecule has 3 rings (SSSR count). The van der Waals surface area contributed by atoms with E-state index in [-0.39, 0.29) is 0 Å². The maximum absolute atomic E-state index is 12.9. The Balaban J connectivity index is 1.57. The molecule has 29 heavy (non-hydrogen) atoms. The molecule has 1 aromatic heterocycles. The lowest BCUT2D eigenvalue weighted by Gasteiger charge is -2.39. The zero-order valence-corrected chi connectivity index (χ0v) is 16.7. The molecule has 1 aromatic carbocycles. The van der Waals surface area contributed by atoms with Gasteiger partial charge in [-0.3, -0.25) is 14.6 Å². The Hall–Kier alpha value is -2.55. The van der Waals surface area contributed by atoms with E-state index in [0.717, 1.165) is 11.1 Å². The summed E-state index contributed by atoms with van der Waals surface area (Å²) >= 11 is 0. The van der Waals surface area contributed by atoms with E-state index < -0.39 is 12.2 Å². The van der Waals surface area contributed by atoms with Crippen LogP contribution in [0.15, 0.2) is 47.7 Å². The smallest absolute Gasteiger partial charge is 0.352 e. The van der Waals surface area contributed by atoms with Crippen molar-refractivity contribution in [3.05, 3.63) is 53.9 Å². The standard InChI is InChI=1S/C20H27F3N6/c1-16(20(21,22)23)27-10-12-28(13-11-27)19(24-2)25-14-17-6-3-4-7-18(17)15-29-9-5-8-26-29/h3-9,16H,10-15H2,1-2H3,(H,24,25). The highest BCUT2D eigenvalue weighted by atomic mass is 19.4. The number of rotatable bonds is 5. The lowest BCUT2D eigenvalue weighted by molar-refractivity contribution is -0.181. The van der Waals surface area contributed by atoms with Crippen molar-refractivity contribution < 1.29 is 13.2 Å². The normalized spacial score (nSPS) is 17.4. The molecule has 0 aliphatic carbocycles. The highest BCUT2D eigenvalue weighted by Crippen LogP contribution is 2.25. The number of aliphatic imine (C=N–C) groups is 1. The van der Waals surface area contributed by atoms with Crippen LogP contribution in [0.3, 0.4) is 0 Å². The molecule has 0 spiro atoms. The van der Waals surface area contributed by atoms with E-state index in [9.17, 15) is 13.2 Å². The molecule has 1 atom stereocenters. The Morgan fingerprint density at radius 3 is 2.41 bits per heavy atom. The molecule has 158 valence electrons. The first kappa shape index (κ1) is 21.2. The number of benzene rings is 1. The van der Waals surface area contributed by atoms with Crippen LogP contribution in [0.1, 0.15) is 18.1 Å². The number of alkyl halides is 3. The van der Waals surface area contributed by atoms with E-state index in [0.29, 0.717) is 45.2 Å². The Morgan fingerprint density at radius 2 is 1.83 bits per heavy atom. The van der Waals surface area contributed by atoms with Crippen molar-refractivity contribution in [3.8, 4) is 0 Å². The van der Waals surface area contributed by atoms with Crippen molar-refractivity contribution in [2.24, 2.45) is 4.99 Å². The molecule has 1 N–H and O–H groups in total. The molecule has 0 bridgehead atoms. The van der Waals surface area contributed by atoms with Gasteiger partial charge in [0.25, 0.3) is 0 Å². The Labute approximate surface area is 169 Å². The third-order valence-corrected chi connectivity index (χ3v) is 5.29. The van der Waals surface area contributed by atoms with Gasteiger partial charge < -0.3 is 10.2 Å². The summed E-state index contributed by atoms with van der Waals surface area (Å²) in [5.41, 5.74) is 2.29. The number of guanidine groups is 1. The van der Waals surface area contributed by atoms with Crippen molar-refractivity contribution in [1.82, 2.24) is 24.9 Å². The lowest BCUT2D eigenvalue weighted by atomic mass is 10.1. The maximum Gasteiger partial charge on any atom is 0.403 e. The molecule has 1 aliphatic heterocycles. The summed E-state index contributed by atoms with van der Waals surface area (Å²) in [4.78, 5) is 7.81. The Kier molecular flexibility index (Phi) is 6.79. The summed E-state index contributed by atoms with van der Waals surface area (Å²) in [5, 5.41) is 7.61. The summed E-state index contributed by atoms with van der Waals surface area (Å²) in [6.45, 7) is 4.22. The minimum absolute atomic E-state index is 0.358. The van der Waals surface area contributed by atoms with Crippen LogP contribution in [-0.2, 0) is 13.1 Å². The van der Waals surface area contributed by atoms with Crippen LogP contribution in [0.4, 0.5) is 13.2 Å². The summed E-state index contributed by atoms with van der Waals surface area (Å²) < 4.78 is 40.7. The first-order valence-electron chi connectivity index (χ1n) is 9.69. The predicted octanol–water partition coefficient (Wildman–Crippen LogP) is 2.58. The number of hydrogen-bond acceptors (Lipinski definition) is 3. The topological polar surface area (TPSA) is 48.7 Å². The Morgan fingerprint density at radius 1 is 1.14 bits per heavy atom. The molecular weight excluding hydrogens is 381 g/mol. The van der Waals surface area contributed by atoms with Gasteiger partial charge in [0, 0.05) is 52.2 Å². The maximum atomic E-state index is 12.9. The first-order chi connectivity index (χ1) is 13.9. The second-order valence-corrected chi connectivity index (χ2v) is 7.11. The van der Waals surface area contributed by atoms with Crippen LogP contribution >= 0.6 is 0 Å². The fourth-order valence-electron chi connectivity index (χ4n) is 3.49. The molecule has 1 unspecified atom stereocenters.